The van der Waals surface area contributed by atoms with E-state index in [4.69, 9.17) is 0 Å². The van der Waals surface area contributed by atoms with Gasteiger partial charge in [-0.05, 0) is 26.2 Å². The topological polar surface area (TPSA) is 92.6 Å². The van der Waals surface area contributed by atoms with Gasteiger partial charge >= 0.3 is 5.69 Å². The molecular weight excluding hydrogens is 270 g/mol. The zero-order valence-corrected chi connectivity index (χ0v) is 11.9. The van der Waals surface area contributed by atoms with E-state index in [0.717, 1.165) is 6.26 Å². The zero-order valence-electron chi connectivity index (χ0n) is 11.1. The highest BCUT2D eigenvalue weighted by Crippen LogP contribution is 2.31. The minimum Gasteiger partial charge on any atom is -0.378 e. The number of anilines is 1. The lowest BCUT2D eigenvalue weighted by atomic mass is 10.2. The van der Waals surface area contributed by atoms with E-state index in [-0.39, 0.29) is 10.6 Å². The summed E-state index contributed by atoms with van der Waals surface area (Å²) in [5, 5.41) is 14.0. The summed E-state index contributed by atoms with van der Waals surface area (Å²) in [5.74, 6) is 0. The molecular formula is C11H17N3O4S. The fourth-order valence-electron chi connectivity index (χ4n) is 1.57. The van der Waals surface area contributed by atoms with Gasteiger partial charge in [-0.3, -0.25) is 10.1 Å². The fraction of sp³-hybridized carbons (Fsp3) is 0.455. The van der Waals surface area contributed by atoms with Crippen LogP contribution >= 0.6 is 0 Å². The van der Waals surface area contributed by atoms with Crippen molar-refractivity contribution >= 4 is 21.2 Å². The number of likely N-dealkylation sites (N-methyl/N-ethyl adjacent to an activating group) is 1. The van der Waals surface area contributed by atoms with Crippen LogP contribution in [0.4, 0.5) is 11.4 Å². The van der Waals surface area contributed by atoms with Crippen molar-refractivity contribution < 1.29 is 13.3 Å². The molecule has 106 valence electrons. The van der Waals surface area contributed by atoms with Crippen LogP contribution in [-0.4, -0.2) is 51.7 Å². The monoisotopic (exact) mass is 287 g/mol. The number of rotatable bonds is 6. The van der Waals surface area contributed by atoms with Crippen molar-refractivity contribution in [3.63, 3.8) is 0 Å². The second-order valence-corrected chi connectivity index (χ2v) is 6.40. The molecule has 0 heterocycles. The molecule has 19 heavy (non-hydrogen) atoms. The summed E-state index contributed by atoms with van der Waals surface area (Å²) in [7, 11) is 0.122. The summed E-state index contributed by atoms with van der Waals surface area (Å²) in [5.41, 5.74) is -0.182. The van der Waals surface area contributed by atoms with Gasteiger partial charge in [-0.1, -0.05) is 6.07 Å². The number of hydrogen-bond donors (Lipinski definition) is 1. The first-order valence-corrected chi connectivity index (χ1v) is 7.48. The Morgan fingerprint density at radius 2 is 2.00 bits per heavy atom. The highest BCUT2D eigenvalue weighted by atomic mass is 32.2. The van der Waals surface area contributed by atoms with Gasteiger partial charge in [0.05, 0.1) is 4.92 Å². The van der Waals surface area contributed by atoms with Crippen molar-refractivity contribution in [2.75, 3.05) is 38.8 Å². The number of nitrogens with one attached hydrogen (secondary N) is 1. The first-order valence-electron chi connectivity index (χ1n) is 5.59. The van der Waals surface area contributed by atoms with E-state index >= 15 is 0 Å². The molecule has 0 saturated heterocycles. The molecule has 0 saturated carbocycles. The van der Waals surface area contributed by atoms with Crippen LogP contribution in [0.5, 0.6) is 0 Å². The van der Waals surface area contributed by atoms with Gasteiger partial charge in [0.25, 0.3) is 0 Å². The number of hydrogen-bond acceptors (Lipinski definition) is 6. The second-order valence-electron chi connectivity index (χ2n) is 4.41. The Labute approximate surface area is 112 Å². The summed E-state index contributed by atoms with van der Waals surface area (Å²) in [6.45, 7) is 1.17. The lowest BCUT2D eigenvalue weighted by Crippen LogP contribution is -2.21. The van der Waals surface area contributed by atoms with E-state index in [0.29, 0.717) is 13.1 Å². The number of nitro groups is 1. The molecule has 0 aliphatic rings. The zero-order chi connectivity index (χ0) is 14.6. The second kappa shape index (κ2) is 5.98. The number of sulfone groups is 1. The van der Waals surface area contributed by atoms with Crippen molar-refractivity contribution in [3.8, 4) is 0 Å². The fourth-order valence-corrected chi connectivity index (χ4v) is 2.43. The Morgan fingerprint density at radius 3 is 2.47 bits per heavy atom. The molecule has 1 N–H and O–H groups in total. The maximum absolute atomic E-state index is 11.6. The number of benzene rings is 1. The van der Waals surface area contributed by atoms with Gasteiger partial charge in [0, 0.05) is 19.3 Å². The van der Waals surface area contributed by atoms with Crippen LogP contribution in [0, 0.1) is 10.1 Å². The summed E-state index contributed by atoms with van der Waals surface area (Å²) < 4.78 is 23.1. The third-order valence-electron chi connectivity index (χ3n) is 2.46. The van der Waals surface area contributed by atoms with Gasteiger partial charge in [0.1, 0.15) is 10.6 Å². The molecule has 0 atom stereocenters. The molecule has 1 aromatic carbocycles. The Morgan fingerprint density at radius 1 is 1.37 bits per heavy atom. The molecule has 0 bridgehead atoms. The van der Waals surface area contributed by atoms with Gasteiger partial charge in [-0.15, -0.1) is 0 Å². The van der Waals surface area contributed by atoms with Crippen LogP contribution in [0.15, 0.2) is 23.1 Å². The Balaban J connectivity index is 3.15. The summed E-state index contributed by atoms with van der Waals surface area (Å²) >= 11 is 0. The normalized spacial score (nSPS) is 11.6. The van der Waals surface area contributed by atoms with Crippen LogP contribution in [0.2, 0.25) is 0 Å². The molecule has 0 radical (unpaired) electrons. The SMILES string of the molecule is CN(C)CCNc1cccc(S(C)(=O)=O)c1[N+](=O)[O-]. The Bertz CT molecular complexity index is 569. The van der Waals surface area contributed by atoms with Crippen LogP contribution < -0.4 is 5.32 Å². The first kappa shape index (κ1) is 15.4. The highest BCUT2D eigenvalue weighted by molar-refractivity contribution is 7.90. The Hall–Kier alpha value is -1.67. The van der Waals surface area contributed by atoms with Gasteiger partial charge in [-0.25, -0.2) is 8.42 Å². The van der Waals surface area contributed by atoms with Gasteiger partial charge in [0.2, 0.25) is 0 Å². The minimum atomic E-state index is -3.63. The first-order chi connectivity index (χ1) is 8.73. The van der Waals surface area contributed by atoms with E-state index in [2.05, 4.69) is 5.32 Å². The van der Waals surface area contributed by atoms with Crippen LogP contribution in [0.1, 0.15) is 0 Å². The average molecular weight is 287 g/mol. The van der Waals surface area contributed by atoms with E-state index in [1.54, 1.807) is 0 Å². The van der Waals surface area contributed by atoms with Crippen molar-refractivity contribution in [1.29, 1.82) is 0 Å². The van der Waals surface area contributed by atoms with Gasteiger partial charge in [-0.2, -0.15) is 0 Å². The molecule has 1 aromatic rings. The largest absolute Gasteiger partial charge is 0.378 e. The van der Waals surface area contributed by atoms with Crippen LogP contribution in [0.3, 0.4) is 0 Å². The standard InChI is InChI=1S/C11H17N3O4S/c1-13(2)8-7-12-9-5-4-6-10(19(3,17)18)11(9)14(15)16/h4-6,12H,7-8H2,1-3H3. The minimum absolute atomic E-state index is 0.217. The van der Waals surface area contributed by atoms with Crippen molar-refractivity contribution in [1.82, 2.24) is 4.90 Å². The van der Waals surface area contributed by atoms with E-state index in [1.807, 2.05) is 19.0 Å². The molecule has 7 nitrogen and oxygen atoms in total. The lowest BCUT2D eigenvalue weighted by molar-refractivity contribution is -0.386. The van der Waals surface area contributed by atoms with Gasteiger partial charge < -0.3 is 10.2 Å². The molecule has 1 rings (SSSR count). The quantitative estimate of drug-likeness (QED) is 0.619. The van der Waals surface area contributed by atoms with E-state index < -0.39 is 20.4 Å². The van der Waals surface area contributed by atoms with Crippen molar-refractivity contribution in [2.24, 2.45) is 0 Å². The molecule has 0 amide bonds. The van der Waals surface area contributed by atoms with Crippen molar-refractivity contribution in [3.05, 3.63) is 28.3 Å². The predicted octanol–water partition coefficient (Wildman–Crippen LogP) is 0.972. The van der Waals surface area contributed by atoms with E-state index in [9.17, 15) is 18.5 Å². The maximum atomic E-state index is 11.6. The predicted molar refractivity (Wildman–Crippen MR) is 73.2 cm³/mol. The van der Waals surface area contributed by atoms with Gasteiger partial charge in [0.15, 0.2) is 9.84 Å². The highest BCUT2D eigenvalue weighted by Gasteiger charge is 2.25. The molecule has 8 heteroatoms. The third-order valence-corrected chi connectivity index (χ3v) is 3.58. The molecule has 0 aliphatic carbocycles. The van der Waals surface area contributed by atoms with E-state index in [1.165, 1.54) is 18.2 Å². The summed E-state index contributed by atoms with van der Waals surface area (Å²) in [4.78, 5) is 12.0. The molecule has 0 fully saturated rings. The maximum Gasteiger partial charge on any atom is 0.310 e. The smallest absolute Gasteiger partial charge is 0.310 e. The van der Waals surface area contributed by atoms with Crippen molar-refractivity contribution in [2.45, 2.75) is 4.90 Å². The Kier molecular flexibility index (Phi) is 4.84. The number of nitro benzene ring substituents is 1. The lowest BCUT2D eigenvalue weighted by Gasteiger charge is -2.12. The average Bonchev–Trinajstić information content (AvgIpc) is 2.26. The molecule has 0 aliphatic heterocycles. The molecule has 0 unspecified atom stereocenters. The number of para-hydroxylation sites is 1. The molecule has 0 spiro atoms. The summed E-state index contributed by atoms with van der Waals surface area (Å²) in [6, 6.07) is 4.23. The molecule has 0 aromatic heterocycles. The third kappa shape index (κ3) is 4.18. The van der Waals surface area contributed by atoms with Crippen LogP contribution in [-0.2, 0) is 9.84 Å². The van der Waals surface area contributed by atoms with Crippen LogP contribution in [0.25, 0.3) is 0 Å². The summed E-state index contributed by atoms with van der Waals surface area (Å²) in [6.07, 6.45) is 0.957. The number of nitrogens with zero attached hydrogens (tertiary/aromatic N) is 2.